The zero-order valence-corrected chi connectivity index (χ0v) is 10.5. The molecule has 2 rings (SSSR count). The smallest absolute Gasteiger partial charge is 0.271 e. The highest BCUT2D eigenvalue weighted by molar-refractivity contribution is 6.33. The summed E-state index contributed by atoms with van der Waals surface area (Å²) in [5, 5.41) is 11.1. The first-order chi connectivity index (χ1) is 8.08. The van der Waals surface area contributed by atoms with Gasteiger partial charge in [0.05, 0.1) is 15.6 Å². The molecule has 1 aliphatic rings. The molecule has 92 valence electrons. The molecule has 4 nitrogen and oxygen atoms in total. The summed E-state index contributed by atoms with van der Waals surface area (Å²) in [5.41, 5.74) is 0.952. The van der Waals surface area contributed by atoms with E-state index in [2.05, 4.69) is 11.8 Å². The van der Waals surface area contributed by atoms with Gasteiger partial charge >= 0.3 is 0 Å². The second-order valence-electron chi connectivity index (χ2n) is 4.56. The zero-order valence-electron chi connectivity index (χ0n) is 9.73. The van der Waals surface area contributed by atoms with Crippen LogP contribution in [0.2, 0.25) is 5.02 Å². The van der Waals surface area contributed by atoms with E-state index in [1.807, 2.05) is 0 Å². The fourth-order valence-corrected chi connectivity index (χ4v) is 2.41. The molecule has 0 aliphatic carbocycles. The monoisotopic (exact) mass is 254 g/mol. The summed E-state index contributed by atoms with van der Waals surface area (Å²) in [5.74, 6) is 0.753. The minimum absolute atomic E-state index is 0.0455. The van der Waals surface area contributed by atoms with Crippen molar-refractivity contribution in [2.45, 2.75) is 19.8 Å². The van der Waals surface area contributed by atoms with Crippen LogP contribution in [0.1, 0.15) is 19.8 Å². The molecule has 1 aromatic rings. The van der Waals surface area contributed by atoms with Gasteiger partial charge in [0.25, 0.3) is 5.69 Å². The lowest BCUT2D eigenvalue weighted by Crippen LogP contribution is -2.32. The Morgan fingerprint density at radius 2 is 2.06 bits per heavy atom. The van der Waals surface area contributed by atoms with Crippen molar-refractivity contribution in [1.82, 2.24) is 0 Å². The third-order valence-corrected chi connectivity index (χ3v) is 3.57. The van der Waals surface area contributed by atoms with Gasteiger partial charge in [-0.3, -0.25) is 10.1 Å². The van der Waals surface area contributed by atoms with Gasteiger partial charge in [-0.05, 0) is 24.8 Å². The van der Waals surface area contributed by atoms with Crippen LogP contribution in [-0.2, 0) is 0 Å². The van der Waals surface area contributed by atoms with Crippen molar-refractivity contribution < 1.29 is 4.92 Å². The maximum Gasteiger partial charge on any atom is 0.271 e. The largest absolute Gasteiger partial charge is 0.370 e. The van der Waals surface area contributed by atoms with Gasteiger partial charge in [-0.1, -0.05) is 18.5 Å². The second-order valence-corrected chi connectivity index (χ2v) is 4.97. The van der Waals surface area contributed by atoms with Crippen molar-refractivity contribution >= 4 is 23.0 Å². The van der Waals surface area contributed by atoms with Crippen molar-refractivity contribution in [3.63, 3.8) is 0 Å². The van der Waals surface area contributed by atoms with Crippen LogP contribution in [0.5, 0.6) is 0 Å². The Morgan fingerprint density at radius 1 is 1.41 bits per heavy atom. The van der Waals surface area contributed by atoms with E-state index in [1.165, 1.54) is 12.1 Å². The zero-order chi connectivity index (χ0) is 12.4. The van der Waals surface area contributed by atoms with E-state index in [-0.39, 0.29) is 5.69 Å². The molecular weight excluding hydrogens is 240 g/mol. The van der Waals surface area contributed by atoms with Crippen molar-refractivity contribution in [3.05, 3.63) is 33.3 Å². The highest BCUT2D eigenvalue weighted by Gasteiger charge is 2.19. The molecule has 0 atom stereocenters. The number of nitro benzene ring substituents is 1. The number of hydrogen-bond acceptors (Lipinski definition) is 3. The van der Waals surface area contributed by atoms with Crippen LogP contribution in [-0.4, -0.2) is 18.0 Å². The van der Waals surface area contributed by atoms with Gasteiger partial charge in [0.1, 0.15) is 0 Å². The summed E-state index contributed by atoms with van der Waals surface area (Å²) in [6, 6.07) is 4.69. The Balaban J connectivity index is 2.19. The maximum absolute atomic E-state index is 10.6. The molecule has 0 unspecified atom stereocenters. The van der Waals surface area contributed by atoms with Crippen molar-refractivity contribution in [2.24, 2.45) is 5.92 Å². The molecule has 17 heavy (non-hydrogen) atoms. The predicted molar refractivity (Wildman–Crippen MR) is 68.7 cm³/mol. The molecule has 0 bridgehead atoms. The first-order valence-electron chi connectivity index (χ1n) is 5.77. The van der Waals surface area contributed by atoms with Gasteiger partial charge in [0.15, 0.2) is 0 Å². The molecule has 1 aliphatic heterocycles. The molecule has 0 N–H and O–H groups in total. The SMILES string of the molecule is CC1CCN(c2ccc([N+](=O)[O-])cc2Cl)CC1. The standard InChI is InChI=1S/C12H15ClN2O2/c1-9-4-6-14(7-5-9)12-3-2-10(15(16)17)8-11(12)13/h2-3,8-9H,4-7H2,1H3. The van der Waals surface area contributed by atoms with Crippen LogP contribution in [0.25, 0.3) is 0 Å². The topological polar surface area (TPSA) is 46.4 Å². The van der Waals surface area contributed by atoms with Crippen LogP contribution < -0.4 is 4.90 Å². The molecule has 0 aromatic heterocycles. The van der Waals surface area contributed by atoms with Crippen LogP contribution in [0.15, 0.2) is 18.2 Å². The number of halogens is 1. The lowest BCUT2D eigenvalue weighted by molar-refractivity contribution is -0.384. The molecule has 1 saturated heterocycles. The van der Waals surface area contributed by atoms with Crippen LogP contribution in [0.4, 0.5) is 11.4 Å². The highest BCUT2D eigenvalue weighted by Crippen LogP contribution is 2.32. The number of hydrogen-bond donors (Lipinski definition) is 0. The first kappa shape index (κ1) is 12.2. The third-order valence-electron chi connectivity index (χ3n) is 3.27. The number of anilines is 1. The van der Waals surface area contributed by atoms with Gasteiger partial charge in [-0.15, -0.1) is 0 Å². The number of benzene rings is 1. The molecular formula is C12H15ClN2O2. The van der Waals surface area contributed by atoms with Gasteiger partial charge in [-0.25, -0.2) is 0 Å². The molecule has 0 radical (unpaired) electrons. The van der Waals surface area contributed by atoms with E-state index in [4.69, 9.17) is 11.6 Å². The Bertz CT molecular complexity index is 429. The van der Waals surface area contributed by atoms with Crippen LogP contribution in [0, 0.1) is 16.0 Å². The van der Waals surface area contributed by atoms with Gasteiger partial charge in [0, 0.05) is 25.2 Å². The Kier molecular flexibility index (Phi) is 3.52. The third kappa shape index (κ3) is 2.69. The van der Waals surface area contributed by atoms with E-state index < -0.39 is 4.92 Å². The summed E-state index contributed by atoms with van der Waals surface area (Å²) in [4.78, 5) is 12.4. The average Bonchev–Trinajstić information content (AvgIpc) is 2.30. The molecule has 1 aromatic carbocycles. The minimum atomic E-state index is -0.423. The quantitative estimate of drug-likeness (QED) is 0.600. The second kappa shape index (κ2) is 4.92. The normalized spacial score (nSPS) is 17.2. The fraction of sp³-hybridized carbons (Fsp3) is 0.500. The van der Waals surface area contributed by atoms with E-state index in [9.17, 15) is 10.1 Å². The van der Waals surface area contributed by atoms with Gasteiger partial charge in [0.2, 0.25) is 0 Å². The lowest BCUT2D eigenvalue weighted by atomic mass is 9.99. The molecule has 0 amide bonds. The van der Waals surface area contributed by atoms with Crippen LogP contribution in [0.3, 0.4) is 0 Å². The molecule has 1 fully saturated rings. The van der Waals surface area contributed by atoms with Crippen LogP contribution >= 0.6 is 11.6 Å². The predicted octanol–water partition coefficient (Wildman–Crippen LogP) is 3.48. The fourth-order valence-electron chi connectivity index (χ4n) is 2.12. The molecule has 0 spiro atoms. The van der Waals surface area contributed by atoms with E-state index in [0.29, 0.717) is 5.02 Å². The Hall–Kier alpha value is -1.29. The summed E-state index contributed by atoms with van der Waals surface area (Å²) in [7, 11) is 0. The van der Waals surface area contributed by atoms with Gasteiger partial charge < -0.3 is 4.90 Å². The molecule has 0 saturated carbocycles. The average molecular weight is 255 g/mol. The van der Waals surface area contributed by atoms with Crippen molar-refractivity contribution in [1.29, 1.82) is 0 Å². The van der Waals surface area contributed by atoms with E-state index in [1.54, 1.807) is 6.07 Å². The molecule has 5 heteroatoms. The van der Waals surface area contributed by atoms with E-state index in [0.717, 1.165) is 37.5 Å². The number of piperidine rings is 1. The first-order valence-corrected chi connectivity index (χ1v) is 6.14. The Morgan fingerprint density at radius 3 is 2.59 bits per heavy atom. The van der Waals surface area contributed by atoms with E-state index >= 15 is 0 Å². The Labute approximate surface area is 105 Å². The lowest BCUT2D eigenvalue weighted by Gasteiger charge is -2.32. The van der Waals surface area contributed by atoms with Gasteiger partial charge in [-0.2, -0.15) is 0 Å². The summed E-state index contributed by atoms with van der Waals surface area (Å²) in [6.45, 7) is 4.19. The van der Waals surface area contributed by atoms with Crippen molar-refractivity contribution in [3.8, 4) is 0 Å². The number of nitro groups is 1. The highest BCUT2D eigenvalue weighted by atomic mass is 35.5. The maximum atomic E-state index is 10.6. The summed E-state index contributed by atoms with van der Waals surface area (Å²) >= 11 is 6.10. The summed E-state index contributed by atoms with van der Waals surface area (Å²) in [6.07, 6.45) is 2.29. The summed E-state index contributed by atoms with van der Waals surface area (Å²) < 4.78 is 0. The number of rotatable bonds is 2. The number of non-ortho nitro benzene ring substituents is 1. The molecule has 1 heterocycles. The number of nitrogens with zero attached hydrogens (tertiary/aromatic N) is 2. The minimum Gasteiger partial charge on any atom is -0.370 e. The van der Waals surface area contributed by atoms with Crippen molar-refractivity contribution in [2.75, 3.05) is 18.0 Å².